The molecule has 1 aromatic carbocycles. The number of benzene rings is 1. The Morgan fingerprint density at radius 1 is 1.17 bits per heavy atom. The molecule has 1 amide bonds. The summed E-state index contributed by atoms with van der Waals surface area (Å²) in [5.74, 6) is 0.287. The molecule has 6 nitrogen and oxygen atoms in total. The second kappa shape index (κ2) is 6.45. The Bertz CT molecular complexity index is 915. The number of aryl methyl sites for hydroxylation is 1. The van der Waals surface area contributed by atoms with Crippen LogP contribution in [-0.4, -0.2) is 26.6 Å². The molecule has 0 saturated carbocycles. The van der Waals surface area contributed by atoms with Crippen molar-refractivity contribution in [3.63, 3.8) is 0 Å². The lowest BCUT2D eigenvalue weighted by molar-refractivity contribution is 0.101. The van der Waals surface area contributed by atoms with Gasteiger partial charge in [-0.15, -0.1) is 0 Å². The standard InChI is InChI=1S/C18H16N4O2/c1-11(23)14-9-17(20-10-14)18(24)22-15-5-3-4-13(8-15)16-6-7-19-12(2)21-16/h3-10,20H,1-2H3,(H,22,24). The lowest BCUT2D eigenvalue weighted by atomic mass is 10.1. The maximum atomic E-state index is 12.3. The van der Waals surface area contributed by atoms with Gasteiger partial charge in [0.2, 0.25) is 0 Å². The van der Waals surface area contributed by atoms with Crippen molar-refractivity contribution in [2.24, 2.45) is 0 Å². The van der Waals surface area contributed by atoms with Gasteiger partial charge < -0.3 is 10.3 Å². The second-order valence-corrected chi connectivity index (χ2v) is 5.38. The predicted molar refractivity (Wildman–Crippen MR) is 91.0 cm³/mol. The summed E-state index contributed by atoms with van der Waals surface area (Å²) in [6.45, 7) is 3.28. The van der Waals surface area contributed by atoms with E-state index in [1.807, 2.05) is 31.2 Å². The van der Waals surface area contributed by atoms with Gasteiger partial charge in [-0.1, -0.05) is 12.1 Å². The number of ketones is 1. The highest BCUT2D eigenvalue weighted by Gasteiger charge is 2.11. The van der Waals surface area contributed by atoms with Crippen molar-refractivity contribution < 1.29 is 9.59 Å². The van der Waals surface area contributed by atoms with Crippen LogP contribution in [0.2, 0.25) is 0 Å². The van der Waals surface area contributed by atoms with Gasteiger partial charge in [0.15, 0.2) is 5.78 Å². The van der Waals surface area contributed by atoms with Crippen LogP contribution in [0.3, 0.4) is 0 Å². The zero-order valence-electron chi connectivity index (χ0n) is 13.3. The Morgan fingerprint density at radius 3 is 2.71 bits per heavy atom. The fourth-order valence-corrected chi connectivity index (χ4v) is 2.30. The normalized spacial score (nSPS) is 10.4. The molecule has 0 aliphatic carbocycles. The maximum Gasteiger partial charge on any atom is 0.272 e. The highest BCUT2D eigenvalue weighted by molar-refractivity contribution is 6.05. The molecular formula is C18H16N4O2. The zero-order chi connectivity index (χ0) is 17.1. The maximum absolute atomic E-state index is 12.3. The summed E-state index contributed by atoms with van der Waals surface area (Å²) in [4.78, 5) is 34.8. The third kappa shape index (κ3) is 3.38. The molecule has 2 aromatic heterocycles. The summed E-state index contributed by atoms with van der Waals surface area (Å²) in [6, 6.07) is 10.8. The third-order valence-corrected chi connectivity index (χ3v) is 3.53. The quantitative estimate of drug-likeness (QED) is 0.722. The molecular weight excluding hydrogens is 304 g/mol. The molecule has 0 radical (unpaired) electrons. The first-order valence-corrected chi connectivity index (χ1v) is 7.44. The molecule has 0 atom stereocenters. The molecule has 120 valence electrons. The van der Waals surface area contributed by atoms with E-state index in [1.54, 1.807) is 12.3 Å². The van der Waals surface area contributed by atoms with Gasteiger partial charge in [0.1, 0.15) is 11.5 Å². The molecule has 3 rings (SSSR count). The van der Waals surface area contributed by atoms with Gasteiger partial charge in [-0.25, -0.2) is 9.97 Å². The van der Waals surface area contributed by atoms with Gasteiger partial charge in [0, 0.05) is 29.2 Å². The van der Waals surface area contributed by atoms with E-state index in [-0.39, 0.29) is 11.7 Å². The third-order valence-electron chi connectivity index (χ3n) is 3.53. The molecule has 0 saturated heterocycles. The van der Waals surface area contributed by atoms with E-state index in [4.69, 9.17) is 0 Å². The van der Waals surface area contributed by atoms with E-state index in [0.29, 0.717) is 22.8 Å². The van der Waals surface area contributed by atoms with Crippen molar-refractivity contribution in [1.29, 1.82) is 0 Å². The Kier molecular flexibility index (Phi) is 4.20. The van der Waals surface area contributed by atoms with Crippen LogP contribution in [0.25, 0.3) is 11.3 Å². The van der Waals surface area contributed by atoms with Gasteiger partial charge in [-0.05, 0) is 38.1 Å². The molecule has 6 heteroatoms. The molecule has 0 unspecified atom stereocenters. The number of rotatable bonds is 4. The SMILES string of the molecule is CC(=O)c1c[nH]c(C(=O)Nc2cccc(-c3ccnc(C)n3)c2)c1. The molecule has 2 heterocycles. The van der Waals surface area contributed by atoms with Crippen LogP contribution < -0.4 is 5.32 Å². The van der Waals surface area contributed by atoms with Crippen LogP contribution in [0.1, 0.15) is 33.6 Å². The van der Waals surface area contributed by atoms with Gasteiger partial charge in [0.05, 0.1) is 5.69 Å². The van der Waals surface area contributed by atoms with E-state index in [0.717, 1.165) is 11.3 Å². The number of aromatic nitrogens is 3. The first-order chi connectivity index (χ1) is 11.5. The second-order valence-electron chi connectivity index (χ2n) is 5.38. The van der Waals surface area contributed by atoms with Crippen LogP contribution in [-0.2, 0) is 0 Å². The van der Waals surface area contributed by atoms with Crippen molar-refractivity contribution in [2.45, 2.75) is 13.8 Å². The predicted octanol–water partition coefficient (Wildman–Crippen LogP) is 3.24. The number of hydrogen-bond donors (Lipinski definition) is 2. The number of H-pyrrole nitrogens is 1. The summed E-state index contributed by atoms with van der Waals surface area (Å²) in [5.41, 5.74) is 3.13. The molecule has 0 fully saturated rings. The van der Waals surface area contributed by atoms with E-state index >= 15 is 0 Å². The number of aromatic amines is 1. The van der Waals surface area contributed by atoms with Crippen molar-refractivity contribution >= 4 is 17.4 Å². The van der Waals surface area contributed by atoms with Crippen molar-refractivity contribution in [3.8, 4) is 11.3 Å². The number of carbonyl (C=O) groups excluding carboxylic acids is 2. The van der Waals surface area contributed by atoms with Gasteiger partial charge in [-0.3, -0.25) is 9.59 Å². The number of hydrogen-bond acceptors (Lipinski definition) is 4. The summed E-state index contributed by atoms with van der Waals surface area (Å²) >= 11 is 0. The number of Topliss-reactive ketones (excluding diaryl/α,β-unsaturated/α-hetero) is 1. The van der Waals surface area contributed by atoms with Crippen LogP contribution in [0.4, 0.5) is 5.69 Å². The van der Waals surface area contributed by atoms with Crippen LogP contribution in [0.15, 0.2) is 48.8 Å². The smallest absolute Gasteiger partial charge is 0.272 e. The first-order valence-electron chi connectivity index (χ1n) is 7.44. The Labute approximate surface area is 139 Å². The Balaban J connectivity index is 1.81. The van der Waals surface area contributed by atoms with Crippen molar-refractivity contribution in [1.82, 2.24) is 15.0 Å². The molecule has 0 aliphatic heterocycles. The first kappa shape index (κ1) is 15.6. The summed E-state index contributed by atoms with van der Waals surface area (Å²) in [7, 11) is 0. The van der Waals surface area contributed by atoms with E-state index in [2.05, 4.69) is 20.3 Å². The van der Waals surface area contributed by atoms with E-state index < -0.39 is 0 Å². The highest BCUT2D eigenvalue weighted by atomic mass is 16.2. The summed E-state index contributed by atoms with van der Waals surface area (Å²) < 4.78 is 0. The molecule has 0 bridgehead atoms. The van der Waals surface area contributed by atoms with Gasteiger partial charge in [0.25, 0.3) is 5.91 Å². The largest absolute Gasteiger partial charge is 0.356 e. The lowest BCUT2D eigenvalue weighted by Crippen LogP contribution is -2.12. The van der Waals surface area contributed by atoms with Crippen molar-refractivity contribution in [2.75, 3.05) is 5.32 Å². The van der Waals surface area contributed by atoms with Gasteiger partial charge >= 0.3 is 0 Å². The lowest BCUT2D eigenvalue weighted by Gasteiger charge is -2.07. The molecule has 0 spiro atoms. The van der Waals surface area contributed by atoms with Crippen LogP contribution in [0, 0.1) is 6.92 Å². The zero-order valence-corrected chi connectivity index (χ0v) is 13.3. The number of amides is 1. The molecule has 24 heavy (non-hydrogen) atoms. The van der Waals surface area contributed by atoms with Crippen LogP contribution >= 0.6 is 0 Å². The Hall–Kier alpha value is -3.28. The number of anilines is 1. The minimum atomic E-state index is -0.307. The minimum Gasteiger partial charge on any atom is -0.356 e. The van der Waals surface area contributed by atoms with Gasteiger partial charge in [-0.2, -0.15) is 0 Å². The summed E-state index contributed by atoms with van der Waals surface area (Å²) in [6.07, 6.45) is 3.22. The van der Waals surface area contributed by atoms with E-state index in [9.17, 15) is 9.59 Å². The molecule has 3 aromatic rings. The molecule has 0 aliphatic rings. The fourth-order valence-electron chi connectivity index (χ4n) is 2.30. The number of nitrogens with one attached hydrogen (secondary N) is 2. The highest BCUT2D eigenvalue weighted by Crippen LogP contribution is 2.21. The van der Waals surface area contributed by atoms with Crippen molar-refractivity contribution in [3.05, 3.63) is 65.9 Å². The summed E-state index contributed by atoms with van der Waals surface area (Å²) in [5, 5.41) is 2.81. The molecule has 2 N–H and O–H groups in total. The topological polar surface area (TPSA) is 87.7 Å². The van der Waals surface area contributed by atoms with Crippen LogP contribution in [0.5, 0.6) is 0 Å². The Morgan fingerprint density at radius 2 is 2.00 bits per heavy atom. The number of carbonyl (C=O) groups is 2. The number of nitrogens with zero attached hydrogens (tertiary/aromatic N) is 2. The minimum absolute atomic E-state index is 0.0913. The monoisotopic (exact) mass is 320 g/mol. The fraction of sp³-hybridized carbons (Fsp3) is 0.111. The average Bonchev–Trinajstić information content (AvgIpc) is 3.05. The van der Waals surface area contributed by atoms with E-state index in [1.165, 1.54) is 19.2 Å². The average molecular weight is 320 g/mol.